The number of rotatable bonds is 9. The predicted octanol–water partition coefficient (Wildman–Crippen LogP) is 7.94. The van der Waals surface area contributed by atoms with Gasteiger partial charge in [0, 0.05) is 34.0 Å². The maximum atomic E-state index is 13.9. The van der Waals surface area contributed by atoms with Gasteiger partial charge >= 0.3 is 5.97 Å². The highest BCUT2D eigenvalue weighted by Gasteiger charge is 2.39. The highest BCUT2D eigenvalue weighted by molar-refractivity contribution is 6.42. The zero-order chi connectivity index (χ0) is 32.6. The molecule has 0 spiro atoms. The smallest absolute Gasteiger partial charge is 0.325 e. The molecule has 0 aromatic heterocycles. The van der Waals surface area contributed by atoms with Crippen LogP contribution in [0.4, 0.5) is 0 Å². The Hall–Kier alpha value is -5.11. The third-order valence-corrected chi connectivity index (χ3v) is 9.54. The van der Waals surface area contributed by atoms with Crippen molar-refractivity contribution >= 4 is 72.7 Å². The molecule has 7 rings (SSSR count). The topological polar surface area (TPSA) is 101 Å². The zero-order valence-electron chi connectivity index (χ0n) is 26.5. The van der Waals surface area contributed by atoms with Gasteiger partial charge in [-0.15, -0.1) is 0 Å². The SMILES string of the molecule is C=C(C)C(=O)ON1C(=O)c2ccc3c4c(C)cc5c6c(ccc(c7c(C)cc(c2c37)C1=O)c64)C(=O)N(CCCCCCCC)C5=O. The molecule has 8 nitrogen and oxygen atoms in total. The van der Waals surface area contributed by atoms with Crippen LogP contribution in [0.1, 0.15) is 105 Å². The Kier molecular flexibility index (Phi) is 6.92. The van der Waals surface area contributed by atoms with E-state index in [1.807, 2.05) is 32.0 Å². The van der Waals surface area contributed by atoms with Crippen LogP contribution in [0.15, 0.2) is 48.6 Å². The summed E-state index contributed by atoms with van der Waals surface area (Å²) in [5.74, 6) is -2.88. The van der Waals surface area contributed by atoms with Crippen molar-refractivity contribution < 1.29 is 28.8 Å². The quantitative estimate of drug-likeness (QED) is 0.0549. The minimum absolute atomic E-state index is 0.0578. The van der Waals surface area contributed by atoms with Gasteiger partial charge in [-0.1, -0.05) is 62.8 Å². The second-order valence-electron chi connectivity index (χ2n) is 12.6. The summed E-state index contributed by atoms with van der Waals surface area (Å²) in [6.45, 7) is 11.4. The lowest BCUT2D eigenvalue weighted by Gasteiger charge is -2.30. The van der Waals surface area contributed by atoms with Crippen LogP contribution in [-0.4, -0.2) is 46.1 Å². The summed E-state index contributed by atoms with van der Waals surface area (Å²) < 4.78 is 0. The first kappa shape index (κ1) is 29.6. The highest BCUT2D eigenvalue weighted by atomic mass is 16.7. The molecule has 0 saturated heterocycles. The predicted molar refractivity (Wildman–Crippen MR) is 177 cm³/mol. The molecule has 0 unspecified atom stereocenters. The van der Waals surface area contributed by atoms with Crippen molar-refractivity contribution in [3.05, 3.63) is 81.9 Å². The maximum absolute atomic E-state index is 13.9. The van der Waals surface area contributed by atoms with E-state index < -0.39 is 17.8 Å². The Labute approximate surface area is 265 Å². The number of hydrogen-bond donors (Lipinski definition) is 0. The molecular formula is C38H34N2O6. The normalized spacial score (nSPS) is 14.5. The van der Waals surface area contributed by atoms with Crippen LogP contribution >= 0.6 is 0 Å². The van der Waals surface area contributed by atoms with Gasteiger partial charge in [-0.05, 0) is 94.9 Å². The molecule has 0 radical (unpaired) electrons. The summed E-state index contributed by atoms with van der Waals surface area (Å²) in [4.78, 5) is 73.9. The number of carbonyl (C=O) groups excluding carboxylic acids is 5. The molecule has 2 aliphatic rings. The van der Waals surface area contributed by atoms with Crippen molar-refractivity contribution in [2.45, 2.75) is 66.2 Å². The average molecular weight is 615 g/mol. The van der Waals surface area contributed by atoms with Crippen LogP contribution in [0.5, 0.6) is 0 Å². The fourth-order valence-corrected chi connectivity index (χ4v) is 7.40. The number of benzene rings is 5. The van der Waals surface area contributed by atoms with Crippen molar-refractivity contribution in [3.63, 3.8) is 0 Å². The Morgan fingerprint density at radius 3 is 1.70 bits per heavy atom. The Bertz CT molecular complexity index is 2230. The molecule has 8 heteroatoms. The molecular weight excluding hydrogens is 580 g/mol. The van der Waals surface area contributed by atoms with E-state index in [-0.39, 0.29) is 28.5 Å². The third-order valence-electron chi connectivity index (χ3n) is 9.54. The number of fused-ring (bicyclic) bond motifs is 2. The number of nitrogens with zero attached hydrogens (tertiary/aromatic N) is 2. The van der Waals surface area contributed by atoms with Gasteiger partial charge < -0.3 is 4.84 Å². The van der Waals surface area contributed by atoms with Crippen molar-refractivity contribution in [2.24, 2.45) is 0 Å². The van der Waals surface area contributed by atoms with Crippen LogP contribution in [0.3, 0.4) is 0 Å². The number of aryl methyl sites for hydroxylation is 2. The lowest BCUT2D eigenvalue weighted by atomic mass is 9.80. The van der Waals surface area contributed by atoms with E-state index in [4.69, 9.17) is 4.84 Å². The molecule has 2 heterocycles. The molecule has 5 aromatic rings. The van der Waals surface area contributed by atoms with Gasteiger partial charge in [0.2, 0.25) is 0 Å². The maximum Gasteiger partial charge on any atom is 0.359 e. The van der Waals surface area contributed by atoms with Crippen molar-refractivity contribution in [3.8, 4) is 0 Å². The lowest BCUT2D eigenvalue weighted by molar-refractivity contribution is -0.164. The van der Waals surface area contributed by atoms with E-state index in [1.54, 1.807) is 18.2 Å². The molecule has 0 N–H and O–H groups in total. The number of carbonyl (C=O) groups is 5. The van der Waals surface area contributed by atoms with Crippen LogP contribution in [0.25, 0.3) is 43.1 Å². The minimum atomic E-state index is -0.869. The van der Waals surface area contributed by atoms with Crippen LogP contribution in [0, 0.1) is 13.8 Å². The van der Waals surface area contributed by atoms with Gasteiger partial charge in [0.25, 0.3) is 23.6 Å². The Morgan fingerprint density at radius 1 is 0.652 bits per heavy atom. The largest absolute Gasteiger partial charge is 0.359 e. The van der Waals surface area contributed by atoms with E-state index in [0.717, 1.165) is 75.5 Å². The van der Waals surface area contributed by atoms with Gasteiger partial charge in [0.05, 0.1) is 11.1 Å². The van der Waals surface area contributed by atoms with Gasteiger partial charge in [-0.25, -0.2) is 4.79 Å². The van der Waals surface area contributed by atoms with Gasteiger partial charge in [0.15, 0.2) is 0 Å². The van der Waals surface area contributed by atoms with Crippen LogP contribution in [0.2, 0.25) is 0 Å². The van der Waals surface area contributed by atoms with Crippen molar-refractivity contribution in [2.75, 3.05) is 6.54 Å². The summed E-state index contributed by atoms with van der Waals surface area (Å²) in [6.07, 6.45) is 6.34. The highest BCUT2D eigenvalue weighted by Crippen LogP contribution is 2.48. The summed E-state index contributed by atoms with van der Waals surface area (Å²) in [7, 11) is 0. The molecule has 0 bridgehead atoms. The average Bonchev–Trinajstić information content (AvgIpc) is 3.03. The molecule has 232 valence electrons. The summed E-state index contributed by atoms with van der Waals surface area (Å²) in [6, 6.07) is 10.8. The van der Waals surface area contributed by atoms with Crippen LogP contribution in [-0.2, 0) is 9.63 Å². The summed E-state index contributed by atoms with van der Waals surface area (Å²) >= 11 is 0. The molecule has 0 aliphatic carbocycles. The van der Waals surface area contributed by atoms with E-state index >= 15 is 0 Å². The lowest BCUT2D eigenvalue weighted by Crippen LogP contribution is -2.42. The standard InChI is InChI=1S/C38H34N2O6/c1-6-7-8-9-10-11-16-39-34(41)24-14-12-22-29-21(5)18-27-31-25(36(43)40(37(27)44)46-38(45)19(2)3)15-13-23(33(29)31)28-20(4)17-26(35(39)42)30(24)32(22)28/h12-15,17-18H,2,6-11,16H2,1,3-5H3. The van der Waals surface area contributed by atoms with E-state index in [9.17, 15) is 24.0 Å². The summed E-state index contributed by atoms with van der Waals surface area (Å²) in [5.41, 5.74) is 3.21. The Balaban J connectivity index is 1.43. The van der Waals surface area contributed by atoms with Crippen molar-refractivity contribution in [1.29, 1.82) is 0 Å². The molecule has 0 atom stereocenters. The first-order chi connectivity index (χ1) is 22.1. The molecule has 0 fully saturated rings. The molecule has 46 heavy (non-hydrogen) atoms. The number of hydrogen-bond acceptors (Lipinski definition) is 6. The first-order valence-electron chi connectivity index (χ1n) is 15.9. The van der Waals surface area contributed by atoms with Crippen molar-refractivity contribution in [1.82, 2.24) is 9.96 Å². The van der Waals surface area contributed by atoms with Gasteiger partial charge in [0.1, 0.15) is 0 Å². The summed E-state index contributed by atoms with van der Waals surface area (Å²) in [5, 5.41) is 6.60. The van der Waals surface area contributed by atoms with Gasteiger partial charge in [-0.2, -0.15) is 0 Å². The molecule has 2 aliphatic heterocycles. The van der Waals surface area contributed by atoms with Gasteiger partial charge in [-0.3, -0.25) is 24.1 Å². The minimum Gasteiger partial charge on any atom is -0.325 e. The molecule has 0 saturated carbocycles. The number of unbranched alkanes of at least 4 members (excludes halogenated alkanes) is 5. The number of imide groups is 2. The zero-order valence-corrected chi connectivity index (χ0v) is 26.5. The second-order valence-corrected chi connectivity index (χ2v) is 12.6. The number of hydroxylamine groups is 2. The first-order valence-corrected chi connectivity index (χ1v) is 15.9. The van der Waals surface area contributed by atoms with E-state index in [0.29, 0.717) is 33.5 Å². The van der Waals surface area contributed by atoms with Crippen LogP contribution < -0.4 is 0 Å². The number of amides is 4. The second kappa shape index (κ2) is 10.8. The Morgan fingerprint density at radius 2 is 1.13 bits per heavy atom. The fourth-order valence-electron chi connectivity index (χ4n) is 7.40. The van der Waals surface area contributed by atoms with E-state index in [2.05, 4.69) is 13.5 Å². The monoisotopic (exact) mass is 614 g/mol. The van der Waals surface area contributed by atoms with E-state index in [1.165, 1.54) is 18.2 Å². The molecule has 4 amide bonds. The fraction of sp³-hybridized carbons (Fsp3) is 0.289. The molecule has 5 aromatic carbocycles. The third kappa shape index (κ3) is 4.09.